The van der Waals surface area contributed by atoms with Crippen LogP contribution in [0.25, 0.3) is 0 Å². The molecule has 2 saturated carbocycles. The van der Waals surface area contributed by atoms with Crippen LogP contribution in [-0.2, 0) is 0 Å². The Labute approximate surface area is 99.7 Å². The lowest BCUT2D eigenvalue weighted by Crippen LogP contribution is -2.41. The molecular weight excluding hydrogens is 216 g/mol. The highest BCUT2D eigenvalue weighted by Gasteiger charge is 2.59. The largest absolute Gasteiger partial charge is 0.391 e. The van der Waals surface area contributed by atoms with E-state index in [4.69, 9.17) is 5.73 Å². The third-order valence-corrected chi connectivity index (χ3v) is 4.83. The number of hydrogen-bond donors (Lipinski definition) is 2. The first-order valence-electron chi connectivity index (χ1n) is 6.27. The van der Waals surface area contributed by atoms with Gasteiger partial charge in [0, 0.05) is 18.9 Å². The molecule has 1 aromatic rings. The van der Waals surface area contributed by atoms with Crippen molar-refractivity contribution in [1.29, 1.82) is 0 Å². The molecule has 5 atom stereocenters. The molecule has 3 N–H and O–H groups in total. The third kappa shape index (κ3) is 1.12. The zero-order valence-corrected chi connectivity index (χ0v) is 9.53. The lowest BCUT2D eigenvalue weighted by molar-refractivity contribution is 0.0965. The molecule has 1 aliphatic heterocycles. The lowest BCUT2D eigenvalue weighted by Gasteiger charge is -2.29. The highest BCUT2D eigenvalue weighted by Crippen LogP contribution is 2.55. The summed E-state index contributed by atoms with van der Waals surface area (Å²) in [6, 6.07) is 0.220. The van der Waals surface area contributed by atoms with Crippen molar-refractivity contribution in [2.75, 3.05) is 17.2 Å². The van der Waals surface area contributed by atoms with E-state index in [1.807, 2.05) is 0 Å². The number of anilines is 2. The average molecular weight is 232 g/mol. The maximum Gasteiger partial charge on any atom is 0.171 e. The van der Waals surface area contributed by atoms with Crippen molar-refractivity contribution in [3.05, 3.63) is 12.4 Å². The molecule has 2 bridgehead atoms. The van der Waals surface area contributed by atoms with E-state index < -0.39 is 0 Å². The molecule has 2 aliphatic carbocycles. The number of hydrogen-bond acceptors (Lipinski definition) is 5. The second kappa shape index (κ2) is 3.10. The molecule has 1 aromatic heterocycles. The van der Waals surface area contributed by atoms with Crippen molar-refractivity contribution in [1.82, 2.24) is 9.97 Å². The van der Waals surface area contributed by atoms with Crippen LogP contribution in [0.15, 0.2) is 12.4 Å². The summed E-state index contributed by atoms with van der Waals surface area (Å²) in [5.41, 5.74) is 5.89. The predicted molar refractivity (Wildman–Crippen MR) is 63.3 cm³/mol. The zero-order chi connectivity index (χ0) is 11.6. The van der Waals surface area contributed by atoms with Gasteiger partial charge in [-0.3, -0.25) is 0 Å². The monoisotopic (exact) mass is 232 g/mol. The van der Waals surface area contributed by atoms with Crippen molar-refractivity contribution in [2.24, 2.45) is 17.8 Å². The van der Waals surface area contributed by atoms with Gasteiger partial charge in [0.15, 0.2) is 11.6 Å². The standard InChI is InChI=1S/C12H16N4O/c13-11-12(15-2-1-14-11)16-5-7-3-6-4-8(7)9(16)10(6)17/h1-2,6-10,17H,3-5H2,(H2,13,14). The van der Waals surface area contributed by atoms with Crippen LogP contribution >= 0.6 is 0 Å². The summed E-state index contributed by atoms with van der Waals surface area (Å²) >= 11 is 0. The van der Waals surface area contributed by atoms with E-state index in [0.29, 0.717) is 17.7 Å². The molecule has 0 aromatic carbocycles. The van der Waals surface area contributed by atoms with Gasteiger partial charge in [-0.05, 0) is 30.6 Å². The molecule has 5 nitrogen and oxygen atoms in total. The van der Waals surface area contributed by atoms with E-state index in [2.05, 4.69) is 14.9 Å². The maximum atomic E-state index is 10.3. The fraction of sp³-hybridized carbons (Fsp3) is 0.667. The molecule has 2 heterocycles. The van der Waals surface area contributed by atoms with Gasteiger partial charge in [-0.25, -0.2) is 9.97 Å². The molecule has 3 fully saturated rings. The van der Waals surface area contributed by atoms with Gasteiger partial charge in [0.1, 0.15) is 0 Å². The molecule has 0 radical (unpaired) electrons. The third-order valence-electron chi connectivity index (χ3n) is 4.83. The SMILES string of the molecule is Nc1nccnc1N1CC2CC3CC2C1C3O. The van der Waals surface area contributed by atoms with Crippen LogP contribution in [0, 0.1) is 17.8 Å². The molecule has 4 rings (SSSR count). The highest BCUT2D eigenvalue weighted by atomic mass is 16.3. The van der Waals surface area contributed by atoms with Gasteiger partial charge in [-0.1, -0.05) is 0 Å². The number of aliphatic hydroxyl groups excluding tert-OH is 1. The van der Waals surface area contributed by atoms with Crippen LogP contribution in [0.2, 0.25) is 0 Å². The number of nitrogens with two attached hydrogens (primary N) is 1. The van der Waals surface area contributed by atoms with Crippen LogP contribution in [0.3, 0.4) is 0 Å². The number of rotatable bonds is 1. The Balaban J connectivity index is 1.75. The van der Waals surface area contributed by atoms with Gasteiger partial charge in [0.25, 0.3) is 0 Å². The van der Waals surface area contributed by atoms with Crippen molar-refractivity contribution in [3.63, 3.8) is 0 Å². The topological polar surface area (TPSA) is 75.3 Å². The number of aliphatic hydroxyl groups is 1. The number of fused-ring (bicyclic) bond motifs is 1. The fourth-order valence-corrected chi connectivity index (χ4v) is 4.22. The van der Waals surface area contributed by atoms with Crippen LogP contribution in [0.5, 0.6) is 0 Å². The van der Waals surface area contributed by atoms with Gasteiger partial charge < -0.3 is 15.7 Å². The van der Waals surface area contributed by atoms with Gasteiger partial charge in [-0.15, -0.1) is 0 Å². The van der Waals surface area contributed by atoms with Crippen LogP contribution < -0.4 is 10.6 Å². The smallest absolute Gasteiger partial charge is 0.171 e. The molecule has 0 spiro atoms. The van der Waals surface area contributed by atoms with Crippen molar-refractivity contribution < 1.29 is 5.11 Å². The van der Waals surface area contributed by atoms with E-state index in [0.717, 1.165) is 18.3 Å². The minimum absolute atomic E-state index is 0.208. The molecule has 5 heteroatoms. The summed E-state index contributed by atoms with van der Waals surface area (Å²) in [4.78, 5) is 10.6. The summed E-state index contributed by atoms with van der Waals surface area (Å²) in [6.45, 7) is 0.978. The summed E-state index contributed by atoms with van der Waals surface area (Å²) < 4.78 is 0. The second-order valence-electron chi connectivity index (χ2n) is 5.55. The highest BCUT2D eigenvalue weighted by molar-refractivity contribution is 5.59. The quantitative estimate of drug-likeness (QED) is 0.726. The van der Waals surface area contributed by atoms with Crippen molar-refractivity contribution >= 4 is 11.6 Å². The Morgan fingerprint density at radius 2 is 2.06 bits per heavy atom. The first-order valence-corrected chi connectivity index (χ1v) is 6.27. The van der Waals surface area contributed by atoms with E-state index in [1.54, 1.807) is 12.4 Å². The average Bonchev–Trinajstić information content (AvgIpc) is 2.90. The van der Waals surface area contributed by atoms with E-state index in [-0.39, 0.29) is 12.1 Å². The summed E-state index contributed by atoms with van der Waals surface area (Å²) in [7, 11) is 0. The molecule has 0 amide bonds. The van der Waals surface area contributed by atoms with E-state index >= 15 is 0 Å². The van der Waals surface area contributed by atoms with Crippen LogP contribution in [-0.4, -0.2) is 33.8 Å². The Bertz CT molecular complexity index is 464. The molecule has 1 saturated heterocycles. The Morgan fingerprint density at radius 1 is 1.24 bits per heavy atom. The first kappa shape index (κ1) is 9.65. The van der Waals surface area contributed by atoms with E-state index in [1.165, 1.54) is 12.8 Å². The molecule has 90 valence electrons. The fourth-order valence-electron chi connectivity index (χ4n) is 4.22. The van der Waals surface area contributed by atoms with Gasteiger partial charge in [0.2, 0.25) is 0 Å². The Morgan fingerprint density at radius 3 is 2.82 bits per heavy atom. The second-order valence-corrected chi connectivity index (χ2v) is 5.55. The molecule has 5 unspecified atom stereocenters. The predicted octanol–water partition coefficient (Wildman–Crippen LogP) is 0.264. The van der Waals surface area contributed by atoms with Gasteiger partial charge in [-0.2, -0.15) is 0 Å². The Hall–Kier alpha value is -1.36. The molecule has 3 aliphatic rings. The minimum atomic E-state index is -0.208. The number of nitrogens with zero attached hydrogens (tertiary/aromatic N) is 3. The van der Waals surface area contributed by atoms with Crippen molar-refractivity contribution in [3.8, 4) is 0 Å². The summed E-state index contributed by atoms with van der Waals surface area (Å²) in [5.74, 6) is 3.08. The van der Waals surface area contributed by atoms with Gasteiger partial charge >= 0.3 is 0 Å². The maximum absolute atomic E-state index is 10.3. The van der Waals surface area contributed by atoms with E-state index in [9.17, 15) is 5.11 Å². The minimum Gasteiger partial charge on any atom is -0.391 e. The van der Waals surface area contributed by atoms with Crippen molar-refractivity contribution in [2.45, 2.75) is 25.0 Å². The lowest BCUT2D eigenvalue weighted by atomic mass is 9.88. The normalized spacial score (nSPS) is 42.4. The van der Waals surface area contributed by atoms with Crippen LogP contribution in [0.1, 0.15) is 12.8 Å². The van der Waals surface area contributed by atoms with Crippen LogP contribution in [0.4, 0.5) is 11.6 Å². The molecular formula is C12H16N4O. The number of nitrogen functional groups attached to an aromatic ring is 1. The molecule has 17 heavy (non-hydrogen) atoms. The zero-order valence-electron chi connectivity index (χ0n) is 9.53. The summed E-state index contributed by atoms with van der Waals surface area (Å²) in [6.07, 6.45) is 5.41. The Kier molecular flexibility index (Phi) is 1.76. The van der Waals surface area contributed by atoms with Gasteiger partial charge in [0.05, 0.1) is 12.1 Å². The summed E-state index contributed by atoms with van der Waals surface area (Å²) in [5, 5.41) is 10.3. The number of aromatic nitrogens is 2. The first-order chi connectivity index (χ1) is 8.25.